The number of aryl methyl sites for hydroxylation is 2. The summed E-state index contributed by atoms with van der Waals surface area (Å²) in [6.45, 7) is -0.346. The summed E-state index contributed by atoms with van der Waals surface area (Å²) in [6.07, 6.45) is 3.17. The van der Waals surface area contributed by atoms with E-state index >= 15 is 0 Å². The highest BCUT2D eigenvalue weighted by Gasteiger charge is 2.20. The van der Waals surface area contributed by atoms with Crippen molar-refractivity contribution < 1.29 is 19.1 Å². The number of benzene rings is 2. The van der Waals surface area contributed by atoms with Crippen LogP contribution in [0.4, 0.5) is 5.69 Å². The van der Waals surface area contributed by atoms with E-state index < -0.39 is 11.9 Å². The third-order valence-electron chi connectivity index (χ3n) is 4.41. The van der Waals surface area contributed by atoms with Gasteiger partial charge in [-0.05, 0) is 55.2 Å². The van der Waals surface area contributed by atoms with Crippen molar-refractivity contribution >= 4 is 28.9 Å². The minimum Gasteiger partial charge on any atom is -0.455 e. The maximum absolute atomic E-state index is 12.3. The van der Waals surface area contributed by atoms with Gasteiger partial charge in [-0.25, -0.2) is 4.79 Å². The van der Waals surface area contributed by atoms with Crippen LogP contribution in [-0.2, 0) is 22.4 Å². The van der Waals surface area contributed by atoms with Crippen molar-refractivity contribution in [1.82, 2.24) is 0 Å². The minimum absolute atomic E-state index is 0.346. The predicted octanol–water partition coefficient (Wildman–Crippen LogP) is 4.82. The van der Waals surface area contributed by atoms with Crippen LogP contribution < -0.4 is 10.1 Å². The molecule has 4 rings (SSSR count). The second-order valence-electron chi connectivity index (χ2n) is 6.45. The lowest BCUT2D eigenvalue weighted by atomic mass is 10.2. The number of rotatable bonds is 6. The number of hydrogen-bond acceptors (Lipinski definition) is 5. The normalized spacial score (nSPS) is 12.3. The van der Waals surface area contributed by atoms with Gasteiger partial charge in [0.15, 0.2) is 12.4 Å². The second-order valence-corrected chi connectivity index (χ2v) is 7.58. The van der Waals surface area contributed by atoms with Crippen molar-refractivity contribution in [3.8, 4) is 11.5 Å². The third kappa shape index (κ3) is 4.23. The number of amides is 1. The number of anilines is 1. The summed E-state index contributed by atoms with van der Waals surface area (Å²) in [5.74, 6) is 0.314. The molecule has 5 nitrogen and oxygen atoms in total. The number of fused-ring (bicyclic) bond motifs is 1. The minimum atomic E-state index is -0.455. The maximum atomic E-state index is 12.3. The van der Waals surface area contributed by atoms with E-state index in [1.807, 2.05) is 42.5 Å². The first-order valence-electron chi connectivity index (χ1n) is 9.09. The summed E-state index contributed by atoms with van der Waals surface area (Å²) in [7, 11) is 0. The quantitative estimate of drug-likeness (QED) is 0.610. The Labute approximate surface area is 166 Å². The molecule has 3 aromatic rings. The van der Waals surface area contributed by atoms with Gasteiger partial charge in [0.2, 0.25) is 0 Å². The summed E-state index contributed by atoms with van der Waals surface area (Å²) in [5, 5.41) is 2.74. The number of carbonyl (C=O) groups is 2. The molecule has 0 unspecified atom stereocenters. The zero-order valence-electron chi connectivity index (χ0n) is 15.1. The van der Waals surface area contributed by atoms with Crippen LogP contribution >= 0.6 is 11.3 Å². The SMILES string of the molecule is O=C(COC(=O)c1cc2c(s1)CCC2)Nc1ccccc1Oc1ccccc1. The van der Waals surface area contributed by atoms with Gasteiger partial charge in [-0.15, -0.1) is 11.3 Å². The van der Waals surface area contributed by atoms with Gasteiger partial charge in [-0.1, -0.05) is 30.3 Å². The van der Waals surface area contributed by atoms with Gasteiger partial charge in [0.1, 0.15) is 10.6 Å². The Bertz CT molecular complexity index is 975. The first kappa shape index (κ1) is 18.3. The molecule has 1 heterocycles. The van der Waals surface area contributed by atoms with Gasteiger partial charge in [-0.3, -0.25) is 4.79 Å². The van der Waals surface area contributed by atoms with Crippen LogP contribution in [0.25, 0.3) is 0 Å². The van der Waals surface area contributed by atoms with Crippen LogP contribution in [-0.4, -0.2) is 18.5 Å². The largest absolute Gasteiger partial charge is 0.455 e. The first-order valence-corrected chi connectivity index (χ1v) is 9.91. The van der Waals surface area contributed by atoms with Crippen molar-refractivity contribution in [3.05, 3.63) is 76.0 Å². The van der Waals surface area contributed by atoms with Crippen LogP contribution in [0, 0.1) is 0 Å². The molecule has 0 fully saturated rings. The summed E-state index contributed by atoms with van der Waals surface area (Å²) in [5.41, 5.74) is 1.75. The lowest BCUT2D eigenvalue weighted by Gasteiger charge is -2.12. The highest BCUT2D eigenvalue weighted by molar-refractivity contribution is 7.14. The Morgan fingerprint density at radius 1 is 1.00 bits per heavy atom. The van der Waals surface area contributed by atoms with Crippen LogP contribution in [0.15, 0.2) is 60.7 Å². The molecule has 1 aromatic heterocycles. The van der Waals surface area contributed by atoms with Gasteiger partial charge in [0.25, 0.3) is 5.91 Å². The molecule has 1 aliphatic carbocycles. The van der Waals surface area contributed by atoms with Crippen molar-refractivity contribution in [1.29, 1.82) is 0 Å². The zero-order chi connectivity index (χ0) is 19.3. The van der Waals surface area contributed by atoms with Crippen molar-refractivity contribution in [2.24, 2.45) is 0 Å². The summed E-state index contributed by atoms with van der Waals surface area (Å²) < 4.78 is 11.0. The zero-order valence-corrected chi connectivity index (χ0v) is 16.0. The average molecular weight is 393 g/mol. The van der Waals surface area contributed by atoms with Crippen molar-refractivity contribution in [2.75, 3.05) is 11.9 Å². The number of para-hydroxylation sites is 3. The fourth-order valence-electron chi connectivity index (χ4n) is 3.09. The van der Waals surface area contributed by atoms with E-state index in [1.165, 1.54) is 21.8 Å². The molecule has 1 aliphatic rings. The molecule has 1 amide bonds. The maximum Gasteiger partial charge on any atom is 0.348 e. The molecule has 0 atom stereocenters. The van der Waals surface area contributed by atoms with Crippen LogP contribution in [0.2, 0.25) is 0 Å². The van der Waals surface area contributed by atoms with Crippen molar-refractivity contribution in [3.63, 3.8) is 0 Å². The molecular weight excluding hydrogens is 374 g/mol. The van der Waals surface area contributed by atoms with E-state index in [1.54, 1.807) is 18.2 Å². The Kier molecular flexibility index (Phi) is 5.39. The van der Waals surface area contributed by atoms with Gasteiger partial charge in [-0.2, -0.15) is 0 Å². The van der Waals surface area contributed by atoms with E-state index in [0.29, 0.717) is 22.1 Å². The molecule has 0 bridgehead atoms. The van der Waals surface area contributed by atoms with E-state index in [0.717, 1.165) is 19.3 Å². The molecule has 0 aliphatic heterocycles. The summed E-state index contributed by atoms with van der Waals surface area (Å²) in [6, 6.07) is 18.3. The van der Waals surface area contributed by atoms with E-state index in [2.05, 4.69) is 5.32 Å². The van der Waals surface area contributed by atoms with Crippen LogP contribution in [0.5, 0.6) is 11.5 Å². The number of carbonyl (C=O) groups excluding carboxylic acids is 2. The molecule has 2 aromatic carbocycles. The monoisotopic (exact) mass is 393 g/mol. The lowest BCUT2D eigenvalue weighted by molar-refractivity contribution is -0.119. The van der Waals surface area contributed by atoms with Gasteiger partial charge < -0.3 is 14.8 Å². The molecule has 0 radical (unpaired) electrons. The smallest absolute Gasteiger partial charge is 0.348 e. The molecule has 0 saturated heterocycles. The van der Waals surface area contributed by atoms with Crippen LogP contribution in [0.3, 0.4) is 0 Å². The lowest BCUT2D eigenvalue weighted by Crippen LogP contribution is -2.20. The summed E-state index contributed by atoms with van der Waals surface area (Å²) in [4.78, 5) is 26.3. The fourth-order valence-corrected chi connectivity index (χ4v) is 4.24. The van der Waals surface area contributed by atoms with Gasteiger partial charge >= 0.3 is 5.97 Å². The topological polar surface area (TPSA) is 64.6 Å². The standard InChI is InChI=1S/C22H19NO4S/c24-21(14-26-22(25)20-13-15-7-6-12-19(15)28-20)23-17-10-4-5-11-18(17)27-16-8-2-1-3-9-16/h1-5,8-11,13H,6-7,12,14H2,(H,23,24). The predicted molar refractivity (Wildman–Crippen MR) is 108 cm³/mol. The molecule has 6 heteroatoms. The summed E-state index contributed by atoms with van der Waals surface area (Å²) >= 11 is 1.46. The van der Waals surface area contributed by atoms with E-state index in [4.69, 9.17) is 9.47 Å². The third-order valence-corrected chi connectivity index (χ3v) is 5.63. The number of ether oxygens (including phenoxy) is 2. The van der Waals surface area contributed by atoms with E-state index in [-0.39, 0.29) is 6.61 Å². The first-order chi connectivity index (χ1) is 13.7. The molecule has 142 valence electrons. The van der Waals surface area contributed by atoms with Gasteiger partial charge in [0, 0.05) is 4.88 Å². The van der Waals surface area contributed by atoms with E-state index in [9.17, 15) is 9.59 Å². The molecule has 1 N–H and O–H groups in total. The molecular formula is C22H19NO4S. The Balaban J connectivity index is 1.35. The van der Waals surface area contributed by atoms with Crippen molar-refractivity contribution in [2.45, 2.75) is 19.3 Å². The second kappa shape index (κ2) is 8.27. The fraction of sp³-hybridized carbons (Fsp3) is 0.182. The number of esters is 1. The number of thiophene rings is 1. The molecule has 0 saturated carbocycles. The number of nitrogens with one attached hydrogen (secondary N) is 1. The number of hydrogen-bond donors (Lipinski definition) is 1. The van der Waals surface area contributed by atoms with Crippen LogP contribution in [0.1, 0.15) is 26.5 Å². The van der Waals surface area contributed by atoms with Gasteiger partial charge in [0.05, 0.1) is 5.69 Å². The molecule has 28 heavy (non-hydrogen) atoms. The Morgan fingerprint density at radius 2 is 1.79 bits per heavy atom. The highest BCUT2D eigenvalue weighted by Crippen LogP contribution is 2.31. The Morgan fingerprint density at radius 3 is 2.61 bits per heavy atom. The molecule has 0 spiro atoms. The Hall–Kier alpha value is -3.12. The highest BCUT2D eigenvalue weighted by atomic mass is 32.1. The average Bonchev–Trinajstić information content (AvgIpc) is 3.31.